The van der Waals surface area contributed by atoms with Crippen molar-refractivity contribution >= 4 is 47.8 Å². The Labute approximate surface area is 220 Å². The summed E-state index contributed by atoms with van der Waals surface area (Å²) >= 11 is 10.1. The number of hydrogen-bond donors (Lipinski definition) is 1. The number of ether oxygens (including phenoxy) is 1. The van der Waals surface area contributed by atoms with E-state index in [-0.39, 0.29) is 7.43 Å². The monoisotopic (exact) mass is 632 g/mol. The van der Waals surface area contributed by atoms with Crippen LogP contribution in [0.4, 0.5) is 0 Å². The van der Waals surface area contributed by atoms with Gasteiger partial charge in [0.25, 0.3) is 0 Å². The Balaban J connectivity index is 0.000000261. The van der Waals surface area contributed by atoms with Crippen LogP contribution in [0.3, 0.4) is 0 Å². The molecule has 1 N–H and O–H groups in total. The van der Waals surface area contributed by atoms with Crippen LogP contribution in [0.5, 0.6) is 11.5 Å². The Hall–Kier alpha value is -0.520. The van der Waals surface area contributed by atoms with E-state index in [0.717, 1.165) is 41.2 Å². The predicted octanol–water partition coefficient (Wildman–Crippen LogP) is 8.80. The summed E-state index contributed by atoms with van der Waals surface area (Å²) in [5, 5.41) is 12.4. The van der Waals surface area contributed by atoms with Gasteiger partial charge in [-0.1, -0.05) is 67.3 Å². The molecule has 5 heteroatoms. The minimum atomic E-state index is 0. The molecule has 2 nitrogen and oxygen atoms in total. The Kier molecular flexibility index (Phi) is 16.5. The predicted molar refractivity (Wildman–Crippen MR) is 151 cm³/mol. The highest BCUT2D eigenvalue weighted by Crippen LogP contribution is 2.26. The van der Waals surface area contributed by atoms with Gasteiger partial charge in [0.1, 0.15) is 11.5 Å². The van der Waals surface area contributed by atoms with Gasteiger partial charge in [-0.2, -0.15) is 0 Å². The van der Waals surface area contributed by atoms with Gasteiger partial charge in [0.05, 0.1) is 6.61 Å². The number of halogens is 3. The Morgan fingerprint density at radius 2 is 1.16 bits per heavy atom. The Morgan fingerprint density at radius 1 is 0.656 bits per heavy atom. The van der Waals surface area contributed by atoms with Crippen molar-refractivity contribution in [3.8, 4) is 11.5 Å². The third-order valence-corrected chi connectivity index (χ3v) is 7.15. The zero-order chi connectivity index (χ0) is 22.3. The molecule has 0 aliphatic heterocycles. The van der Waals surface area contributed by atoms with Crippen LogP contribution in [0.1, 0.15) is 68.2 Å². The maximum absolute atomic E-state index is 9.10. The zero-order valence-corrected chi connectivity index (χ0v) is 23.1. The second-order valence-corrected chi connectivity index (χ2v) is 10.3. The van der Waals surface area contributed by atoms with Crippen LogP contribution < -0.4 is 4.74 Å². The first-order valence-electron chi connectivity index (χ1n) is 11.4. The quantitative estimate of drug-likeness (QED) is 0.232. The van der Waals surface area contributed by atoms with Gasteiger partial charge in [-0.25, -0.2) is 0 Å². The molecule has 0 heterocycles. The lowest BCUT2D eigenvalue weighted by Crippen LogP contribution is -1.98. The lowest BCUT2D eigenvalue weighted by atomic mass is 10.1. The van der Waals surface area contributed by atoms with Gasteiger partial charge in [-0.15, -0.1) is 0 Å². The van der Waals surface area contributed by atoms with Gasteiger partial charge in [0.2, 0.25) is 0 Å². The number of benzene rings is 2. The maximum atomic E-state index is 9.10. The molecule has 180 valence electrons. The van der Waals surface area contributed by atoms with Crippen molar-refractivity contribution < 1.29 is 9.84 Å². The standard InChI is InChI=1S/C13H17BrO.C9H10O.C4H8Br2.CH4/c14-8-1-2-9-15-13-7-6-11-4-3-5-12(11)10-13;10-9-5-4-7-2-1-3-8(7)6-9;5-3-1-2-4-6;/h6-7,10H,1-5,8-9H2;4-6,10H,1-3H2;1-4H2;1H4. The average Bonchev–Trinajstić information content (AvgIpc) is 3.44. The van der Waals surface area contributed by atoms with E-state index in [1.165, 1.54) is 73.6 Å². The molecule has 2 aromatic rings. The molecule has 32 heavy (non-hydrogen) atoms. The minimum absolute atomic E-state index is 0. The number of phenols is 1. The number of hydrogen-bond acceptors (Lipinski definition) is 2. The highest BCUT2D eigenvalue weighted by molar-refractivity contribution is 9.09. The molecular formula is C27H39Br3O2. The molecule has 0 amide bonds. The second-order valence-electron chi connectivity index (χ2n) is 7.92. The van der Waals surface area contributed by atoms with Crippen LogP contribution in [0.15, 0.2) is 36.4 Å². The minimum Gasteiger partial charge on any atom is -0.508 e. The fourth-order valence-electron chi connectivity index (χ4n) is 3.77. The molecule has 0 saturated heterocycles. The fraction of sp³-hybridized carbons (Fsp3) is 0.556. The van der Waals surface area contributed by atoms with E-state index in [9.17, 15) is 0 Å². The smallest absolute Gasteiger partial charge is 0.119 e. The highest BCUT2D eigenvalue weighted by Gasteiger charge is 2.11. The number of phenolic OH excluding ortho intramolecular Hbond substituents is 1. The van der Waals surface area contributed by atoms with E-state index in [2.05, 4.69) is 66.0 Å². The first kappa shape index (κ1) is 29.5. The van der Waals surface area contributed by atoms with Crippen LogP contribution in [-0.2, 0) is 25.7 Å². The summed E-state index contributed by atoms with van der Waals surface area (Å²) in [5.74, 6) is 1.45. The highest BCUT2D eigenvalue weighted by atomic mass is 79.9. The molecule has 0 spiro atoms. The number of fused-ring (bicyclic) bond motifs is 2. The average molecular weight is 635 g/mol. The molecule has 0 fully saturated rings. The van der Waals surface area contributed by atoms with Gasteiger partial charge in [0, 0.05) is 16.0 Å². The van der Waals surface area contributed by atoms with Crippen LogP contribution >= 0.6 is 47.8 Å². The van der Waals surface area contributed by atoms with Crippen molar-refractivity contribution in [3.05, 3.63) is 58.7 Å². The van der Waals surface area contributed by atoms with Crippen molar-refractivity contribution in [2.75, 3.05) is 22.6 Å². The van der Waals surface area contributed by atoms with E-state index in [4.69, 9.17) is 9.84 Å². The lowest BCUT2D eigenvalue weighted by Gasteiger charge is -2.07. The third kappa shape index (κ3) is 11.1. The van der Waals surface area contributed by atoms with Gasteiger partial charge >= 0.3 is 0 Å². The van der Waals surface area contributed by atoms with E-state index in [1.807, 2.05) is 12.1 Å². The van der Waals surface area contributed by atoms with Crippen molar-refractivity contribution in [2.45, 2.75) is 71.6 Å². The molecule has 0 radical (unpaired) electrons. The zero-order valence-electron chi connectivity index (χ0n) is 18.4. The lowest BCUT2D eigenvalue weighted by molar-refractivity contribution is 0.309. The molecular weight excluding hydrogens is 596 g/mol. The summed E-state index contributed by atoms with van der Waals surface area (Å²) in [7, 11) is 0. The van der Waals surface area contributed by atoms with Gasteiger partial charge in [-0.05, 0) is 111 Å². The van der Waals surface area contributed by atoms with Gasteiger partial charge in [0.15, 0.2) is 0 Å². The van der Waals surface area contributed by atoms with Crippen molar-refractivity contribution in [2.24, 2.45) is 0 Å². The van der Waals surface area contributed by atoms with E-state index >= 15 is 0 Å². The van der Waals surface area contributed by atoms with E-state index in [1.54, 1.807) is 6.07 Å². The number of aryl methyl sites for hydroxylation is 4. The fourth-order valence-corrected chi connectivity index (χ4v) is 4.96. The molecule has 2 aliphatic rings. The number of aromatic hydroxyl groups is 1. The maximum Gasteiger partial charge on any atom is 0.119 e. The number of rotatable bonds is 8. The normalized spacial score (nSPS) is 13.0. The Morgan fingerprint density at radius 3 is 1.75 bits per heavy atom. The molecule has 4 rings (SSSR count). The summed E-state index contributed by atoms with van der Waals surface area (Å²) in [6.45, 7) is 0.838. The molecule has 2 aliphatic carbocycles. The molecule has 0 aromatic heterocycles. The number of alkyl halides is 3. The second kappa shape index (κ2) is 17.9. The number of unbranched alkanes of at least 4 members (excludes halogenated alkanes) is 2. The van der Waals surface area contributed by atoms with Crippen LogP contribution in [0, 0.1) is 0 Å². The third-order valence-electron chi connectivity index (χ3n) is 5.47. The van der Waals surface area contributed by atoms with E-state index in [0.29, 0.717) is 5.75 Å². The van der Waals surface area contributed by atoms with Crippen molar-refractivity contribution in [1.29, 1.82) is 0 Å². The van der Waals surface area contributed by atoms with Crippen LogP contribution in [-0.4, -0.2) is 27.7 Å². The van der Waals surface area contributed by atoms with Gasteiger partial charge < -0.3 is 9.84 Å². The summed E-state index contributed by atoms with van der Waals surface area (Å²) in [5.41, 5.74) is 5.76. The summed E-state index contributed by atoms with van der Waals surface area (Å²) < 4.78 is 5.71. The summed E-state index contributed by atoms with van der Waals surface area (Å²) in [6, 6.07) is 12.2. The molecule has 0 atom stereocenters. The first-order chi connectivity index (χ1) is 15.2. The molecule has 2 aromatic carbocycles. The van der Waals surface area contributed by atoms with Crippen molar-refractivity contribution in [1.82, 2.24) is 0 Å². The van der Waals surface area contributed by atoms with E-state index < -0.39 is 0 Å². The first-order valence-corrected chi connectivity index (χ1v) is 14.8. The Bertz CT molecular complexity index is 761. The summed E-state index contributed by atoms with van der Waals surface area (Å²) in [4.78, 5) is 0. The van der Waals surface area contributed by atoms with Gasteiger partial charge in [-0.3, -0.25) is 0 Å². The topological polar surface area (TPSA) is 29.5 Å². The van der Waals surface area contributed by atoms with Crippen LogP contribution in [0.2, 0.25) is 0 Å². The molecule has 0 unspecified atom stereocenters. The largest absolute Gasteiger partial charge is 0.508 e. The summed E-state index contributed by atoms with van der Waals surface area (Å²) in [6.07, 6.45) is 12.2. The van der Waals surface area contributed by atoms with Crippen LogP contribution in [0.25, 0.3) is 0 Å². The SMILES string of the molecule is BrCCCCBr.BrCCCCOc1ccc2c(c1)CCC2.C.Oc1ccc2c(c1)CCC2. The molecule has 0 saturated carbocycles. The van der Waals surface area contributed by atoms with Crippen molar-refractivity contribution in [3.63, 3.8) is 0 Å². The molecule has 0 bridgehead atoms.